The van der Waals surface area contributed by atoms with Crippen LogP contribution >= 0.6 is 0 Å². The van der Waals surface area contributed by atoms with Crippen LogP contribution in [0.25, 0.3) is 0 Å². The molecule has 0 spiro atoms. The molecule has 1 rings (SSSR count). The minimum atomic E-state index is 0.0953. The molecule has 0 bridgehead atoms. The van der Waals surface area contributed by atoms with E-state index in [1.807, 2.05) is 13.0 Å². The number of hydrogen-bond donors (Lipinski definition) is 2. The number of rotatable bonds is 6. The van der Waals surface area contributed by atoms with E-state index in [1.165, 1.54) is 25.7 Å². The zero-order valence-corrected chi connectivity index (χ0v) is 12.1. The molecular formula is C15H28N2O. The SMILES string of the molecule is CCC=C(C)C(=O)NCC1(CCC)CCCNC1. The van der Waals surface area contributed by atoms with Gasteiger partial charge in [-0.05, 0) is 39.2 Å². The lowest BCUT2D eigenvalue weighted by molar-refractivity contribution is -0.118. The van der Waals surface area contributed by atoms with Crippen molar-refractivity contribution >= 4 is 5.91 Å². The fourth-order valence-corrected chi connectivity index (χ4v) is 2.82. The summed E-state index contributed by atoms with van der Waals surface area (Å²) in [5, 5.41) is 6.59. The van der Waals surface area contributed by atoms with Gasteiger partial charge in [0.2, 0.25) is 5.91 Å². The summed E-state index contributed by atoms with van der Waals surface area (Å²) in [6, 6.07) is 0. The van der Waals surface area contributed by atoms with Gasteiger partial charge in [-0.15, -0.1) is 0 Å². The molecule has 0 aliphatic carbocycles. The first-order chi connectivity index (χ1) is 8.63. The average Bonchev–Trinajstić information content (AvgIpc) is 2.38. The number of nitrogens with one attached hydrogen (secondary N) is 2. The Hall–Kier alpha value is -0.830. The Morgan fingerprint density at radius 2 is 2.22 bits per heavy atom. The van der Waals surface area contributed by atoms with Crippen molar-refractivity contribution in [3.05, 3.63) is 11.6 Å². The van der Waals surface area contributed by atoms with Crippen LogP contribution < -0.4 is 10.6 Å². The van der Waals surface area contributed by atoms with Crippen LogP contribution in [0.4, 0.5) is 0 Å². The first-order valence-electron chi connectivity index (χ1n) is 7.29. The van der Waals surface area contributed by atoms with Crippen molar-refractivity contribution in [2.24, 2.45) is 5.41 Å². The summed E-state index contributed by atoms with van der Waals surface area (Å²) in [5.41, 5.74) is 1.11. The number of carbonyl (C=O) groups is 1. The van der Waals surface area contributed by atoms with Gasteiger partial charge < -0.3 is 10.6 Å². The van der Waals surface area contributed by atoms with Crippen LogP contribution in [0, 0.1) is 5.41 Å². The van der Waals surface area contributed by atoms with Crippen molar-refractivity contribution in [3.8, 4) is 0 Å². The summed E-state index contributed by atoms with van der Waals surface area (Å²) >= 11 is 0. The standard InChI is InChI=1S/C15H28N2O/c1-4-7-13(3)14(18)17-12-15(8-5-2)9-6-10-16-11-15/h7,16H,4-6,8-12H2,1-3H3,(H,17,18). The molecule has 3 heteroatoms. The van der Waals surface area contributed by atoms with Gasteiger partial charge in [-0.25, -0.2) is 0 Å². The molecule has 0 aromatic heterocycles. The van der Waals surface area contributed by atoms with Gasteiger partial charge in [-0.3, -0.25) is 4.79 Å². The summed E-state index contributed by atoms with van der Waals surface area (Å²) in [6.07, 6.45) is 7.73. The largest absolute Gasteiger partial charge is 0.352 e. The fourth-order valence-electron chi connectivity index (χ4n) is 2.82. The quantitative estimate of drug-likeness (QED) is 0.714. The molecular weight excluding hydrogens is 224 g/mol. The van der Waals surface area contributed by atoms with Gasteiger partial charge in [0, 0.05) is 24.1 Å². The summed E-state index contributed by atoms with van der Waals surface area (Å²) in [7, 11) is 0. The van der Waals surface area contributed by atoms with Crippen LogP contribution in [0.3, 0.4) is 0 Å². The molecule has 0 radical (unpaired) electrons. The molecule has 1 unspecified atom stereocenters. The van der Waals surface area contributed by atoms with E-state index in [0.717, 1.165) is 31.6 Å². The molecule has 3 nitrogen and oxygen atoms in total. The molecule has 1 amide bonds. The minimum Gasteiger partial charge on any atom is -0.352 e. The average molecular weight is 252 g/mol. The third-order valence-corrected chi connectivity index (χ3v) is 3.83. The Labute approximate surface area is 111 Å². The third kappa shape index (κ3) is 4.45. The highest BCUT2D eigenvalue weighted by Gasteiger charge is 2.31. The number of carbonyl (C=O) groups excluding carboxylic acids is 1. The molecule has 0 aromatic carbocycles. The highest BCUT2D eigenvalue weighted by Crippen LogP contribution is 2.30. The van der Waals surface area contributed by atoms with Gasteiger partial charge >= 0.3 is 0 Å². The van der Waals surface area contributed by atoms with Crippen molar-refractivity contribution in [1.82, 2.24) is 10.6 Å². The smallest absolute Gasteiger partial charge is 0.246 e. The first kappa shape index (κ1) is 15.2. The van der Waals surface area contributed by atoms with E-state index in [1.54, 1.807) is 0 Å². The van der Waals surface area contributed by atoms with E-state index in [-0.39, 0.29) is 11.3 Å². The summed E-state index contributed by atoms with van der Waals surface area (Å²) in [5.74, 6) is 0.0953. The number of hydrogen-bond acceptors (Lipinski definition) is 2. The van der Waals surface area contributed by atoms with E-state index in [4.69, 9.17) is 0 Å². The van der Waals surface area contributed by atoms with Gasteiger partial charge in [0.1, 0.15) is 0 Å². The molecule has 1 fully saturated rings. The maximum absolute atomic E-state index is 11.9. The van der Waals surface area contributed by atoms with E-state index >= 15 is 0 Å². The second-order valence-corrected chi connectivity index (χ2v) is 5.51. The predicted octanol–water partition coefficient (Wildman–Crippen LogP) is 2.63. The molecule has 1 heterocycles. The van der Waals surface area contributed by atoms with E-state index < -0.39 is 0 Å². The van der Waals surface area contributed by atoms with E-state index in [2.05, 4.69) is 24.5 Å². The normalized spacial score (nSPS) is 24.9. The number of allylic oxidation sites excluding steroid dienone is 1. The topological polar surface area (TPSA) is 41.1 Å². The molecule has 18 heavy (non-hydrogen) atoms. The first-order valence-corrected chi connectivity index (χ1v) is 7.29. The van der Waals surface area contributed by atoms with Crippen molar-refractivity contribution in [3.63, 3.8) is 0 Å². The van der Waals surface area contributed by atoms with Crippen molar-refractivity contribution in [2.45, 2.75) is 52.9 Å². The van der Waals surface area contributed by atoms with E-state index in [0.29, 0.717) is 0 Å². The molecule has 1 aliphatic heterocycles. The highest BCUT2D eigenvalue weighted by molar-refractivity contribution is 5.92. The fraction of sp³-hybridized carbons (Fsp3) is 0.800. The van der Waals surface area contributed by atoms with Gasteiger partial charge in [0.15, 0.2) is 0 Å². The Morgan fingerprint density at radius 3 is 2.78 bits per heavy atom. The second kappa shape index (κ2) is 7.57. The Morgan fingerprint density at radius 1 is 1.44 bits per heavy atom. The van der Waals surface area contributed by atoms with Crippen molar-refractivity contribution in [2.75, 3.05) is 19.6 Å². The Kier molecular flexibility index (Phi) is 6.41. The van der Waals surface area contributed by atoms with Crippen LogP contribution in [-0.4, -0.2) is 25.5 Å². The molecule has 1 saturated heterocycles. The molecule has 2 N–H and O–H groups in total. The zero-order chi connectivity index (χ0) is 13.4. The summed E-state index contributed by atoms with van der Waals surface area (Å²) in [6.45, 7) is 9.14. The minimum absolute atomic E-state index is 0.0953. The second-order valence-electron chi connectivity index (χ2n) is 5.51. The lowest BCUT2D eigenvalue weighted by Gasteiger charge is -2.38. The van der Waals surface area contributed by atoms with Gasteiger partial charge in [-0.2, -0.15) is 0 Å². The highest BCUT2D eigenvalue weighted by atomic mass is 16.1. The number of amides is 1. The Balaban J connectivity index is 2.51. The lowest BCUT2D eigenvalue weighted by atomic mass is 9.77. The molecule has 1 atom stereocenters. The van der Waals surface area contributed by atoms with Gasteiger partial charge in [-0.1, -0.05) is 26.3 Å². The van der Waals surface area contributed by atoms with Crippen LogP contribution in [0.5, 0.6) is 0 Å². The van der Waals surface area contributed by atoms with Crippen LogP contribution in [0.15, 0.2) is 11.6 Å². The molecule has 104 valence electrons. The monoisotopic (exact) mass is 252 g/mol. The molecule has 1 aliphatic rings. The van der Waals surface area contributed by atoms with Crippen LogP contribution in [0.2, 0.25) is 0 Å². The van der Waals surface area contributed by atoms with E-state index in [9.17, 15) is 4.79 Å². The predicted molar refractivity (Wildman–Crippen MR) is 76.5 cm³/mol. The van der Waals surface area contributed by atoms with Crippen molar-refractivity contribution < 1.29 is 4.79 Å². The Bertz CT molecular complexity index is 285. The zero-order valence-electron chi connectivity index (χ0n) is 12.1. The third-order valence-electron chi connectivity index (χ3n) is 3.83. The maximum Gasteiger partial charge on any atom is 0.246 e. The summed E-state index contributed by atoms with van der Waals surface area (Å²) in [4.78, 5) is 11.9. The van der Waals surface area contributed by atoms with Crippen LogP contribution in [-0.2, 0) is 4.79 Å². The number of piperidine rings is 1. The van der Waals surface area contributed by atoms with Gasteiger partial charge in [0.05, 0.1) is 0 Å². The maximum atomic E-state index is 11.9. The molecule has 0 saturated carbocycles. The van der Waals surface area contributed by atoms with Gasteiger partial charge in [0.25, 0.3) is 0 Å². The lowest BCUT2D eigenvalue weighted by Crippen LogP contribution is -2.47. The van der Waals surface area contributed by atoms with Crippen LogP contribution in [0.1, 0.15) is 52.9 Å². The van der Waals surface area contributed by atoms with Crippen molar-refractivity contribution in [1.29, 1.82) is 0 Å². The summed E-state index contributed by atoms with van der Waals surface area (Å²) < 4.78 is 0. The molecule has 0 aromatic rings.